The molecule has 2 fully saturated rings. The van der Waals surface area contributed by atoms with Crippen LogP contribution in [0.3, 0.4) is 0 Å². The molecule has 0 bridgehead atoms. The van der Waals surface area contributed by atoms with Crippen LogP contribution in [0.25, 0.3) is 0 Å². The van der Waals surface area contributed by atoms with Crippen molar-refractivity contribution in [2.75, 3.05) is 46.1 Å². The van der Waals surface area contributed by atoms with Gasteiger partial charge in [0.15, 0.2) is 6.29 Å². The highest BCUT2D eigenvalue weighted by Crippen LogP contribution is 2.15. The maximum Gasteiger partial charge on any atom is 0.191 e. The second-order valence-corrected chi connectivity index (χ2v) is 5.01. The Morgan fingerprint density at radius 3 is 2.40 bits per heavy atom. The van der Waals surface area contributed by atoms with Gasteiger partial charge in [0.05, 0.1) is 26.4 Å². The molecule has 20 heavy (non-hydrogen) atoms. The van der Waals surface area contributed by atoms with Gasteiger partial charge in [-0.1, -0.05) is 12.1 Å². The first kappa shape index (κ1) is 13.8. The van der Waals surface area contributed by atoms with E-state index in [2.05, 4.69) is 17.0 Å². The van der Waals surface area contributed by atoms with E-state index in [0.29, 0.717) is 19.8 Å². The van der Waals surface area contributed by atoms with Gasteiger partial charge in [0.25, 0.3) is 0 Å². The van der Waals surface area contributed by atoms with E-state index in [4.69, 9.17) is 18.9 Å². The quantitative estimate of drug-likeness (QED) is 0.812. The topological polar surface area (TPSA) is 40.2 Å². The van der Waals surface area contributed by atoms with Crippen molar-refractivity contribution in [1.82, 2.24) is 4.90 Å². The van der Waals surface area contributed by atoms with Gasteiger partial charge in [-0.3, -0.25) is 4.90 Å². The fourth-order valence-electron chi connectivity index (χ4n) is 2.38. The smallest absolute Gasteiger partial charge is 0.191 e. The first-order valence-electron chi connectivity index (χ1n) is 7.15. The molecule has 2 heterocycles. The van der Waals surface area contributed by atoms with Crippen molar-refractivity contribution in [1.29, 1.82) is 0 Å². The predicted molar refractivity (Wildman–Crippen MR) is 73.7 cm³/mol. The molecule has 0 spiro atoms. The van der Waals surface area contributed by atoms with Crippen molar-refractivity contribution in [2.24, 2.45) is 0 Å². The number of benzene rings is 1. The lowest BCUT2D eigenvalue weighted by molar-refractivity contribution is -0.0684. The molecular formula is C15H21NO4. The first-order chi connectivity index (χ1) is 9.90. The first-order valence-corrected chi connectivity index (χ1v) is 7.15. The number of nitrogens with zero attached hydrogens (tertiary/aromatic N) is 1. The van der Waals surface area contributed by atoms with E-state index >= 15 is 0 Å². The second kappa shape index (κ2) is 7.04. The Morgan fingerprint density at radius 2 is 1.70 bits per heavy atom. The maximum atomic E-state index is 5.65. The van der Waals surface area contributed by atoms with Crippen LogP contribution in [-0.4, -0.2) is 57.3 Å². The summed E-state index contributed by atoms with van der Waals surface area (Å²) >= 11 is 0. The third-order valence-electron chi connectivity index (χ3n) is 3.51. The van der Waals surface area contributed by atoms with Gasteiger partial charge in [-0.25, -0.2) is 0 Å². The van der Waals surface area contributed by atoms with E-state index in [1.54, 1.807) is 0 Å². The van der Waals surface area contributed by atoms with E-state index in [0.717, 1.165) is 38.6 Å². The molecule has 5 heteroatoms. The van der Waals surface area contributed by atoms with Gasteiger partial charge in [0.1, 0.15) is 12.4 Å². The summed E-state index contributed by atoms with van der Waals surface area (Å²) in [4.78, 5) is 2.40. The van der Waals surface area contributed by atoms with Gasteiger partial charge >= 0.3 is 0 Å². The summed E-state index contributed by atoms with van der Waals surface area (Å²) in [5.41, 5.74) is 1.30. The summed E-state index contributed by atoms with van der Waals surface area (Å²) in [6, 6.07) is 8.23. The van der Waals surface area contributed by atoms with Crippen LogP contribution < -0.4 is 4.74 Å². The van der Waals surface area contributed by atoms with Crippen LogP contribution in [0, 0.1) is 0 Å². The SMILES string of the molecule is c1cc(OCC2OCCO2)ccc1CN1CCOCC1. The number of rotatable bonds is 5. The van der Waals surface area contributed by atoms with Crippen molar-refractivity contribution in [3.8, 4) is 5.75 Å². The fourth-order valence-corrected chi connectivity index (χ4v) is 2.38. The van der Waals surface area contributed by atoms with Gasteiger partial charge in [0, 0.05) is 19.6 Å². The van der Waals surface area contributed by atoms with Gasteiger partial charge in [-0.15, -0.1) is 0 Å². The Balaban J connectivity index is 1.46. The van der Waals surface area contributed by atoms with Crippen LogP contribution in [0.2, 0.25) is 0 Å². The van der Waals surface area contributed by atoms with Crippen molar-refractivity contribution in [2.45, 2.75) is 12.8 Å². The molecule has 0 saturated carbocycles. The van der Waals surface area contributed by atoms with Crippen LogP contribution in [-0.2, 0) is 20.8 Å². The third kappa shape index (κ3) is 3.93. The standard InChI is InChI=1S/C15H21NO4/c1-3-14(20-12-15-18-9-10-19-15)4-2-13(1)11-16-5-7-17-8-6-16/h1-4,15H,5-12H2. The van der Waals surface area contributed by atoms with E-state index in [1.165, 1.54) is 5.56 Å². The summed E-state index contributed by atoms with van der Waals surface area (Å²) in [6.07, 6.45) is -0.219. The van der Waals surface area contributed by atoms with Gasteiger partial charge in [0.2, 0.25) is 0 Å². The number of hydrogen-bond donors (Lipinski definition) is 0. The zero-order valence-corrected chi connectivity index (χ0v) is 11.6. The molecule has 3 rings (SSSR count). The minimum atomic E-state index is -0.219. The summed E-state index contributed by atoms with van der Waals surface area (Å²) in [7, 11) is 0. The normalized spacial score (nSPS) is 21.2. The lowest BCUT2D eigenvalue weighted by atomic mass is 10.2. The average molecular weight is 279 g/mol. The largest absolute Gasteiger partial charge is 0.488 e. The lowest BCUT2D eigenvalue weighted by Gasteiger charge is -2.26. The lowest BCUT2D eigenvalue weighted by Crippen LogP contribution is -2.35. The van der Waals surface area contributed by atoms with E-state index in [9.17, 15) is 0 Å². The minimum absolute atomic E-state index is 0.219. The molecule has 110 valence electrons. The van der Waals surface area contributed by atoms with E-state index < -0.39 is 0 Å². The summed E-state index contributed by atoms with van der Waals surface area (Å²) in [5, 5.41) is 0. The van der Waals surface area contributed by atoms with Gasteiger partial charge in [-0.2, -0.15) is 0 Å². The van der Waals surface area contributed by atoms with Crippen molar-refractivity contribution in [3.63, 3.8) is 0 Å². The van der Waals surface area contributed by atoms with Gasteiger partial charge in [-0.05, 0) is 17.7 Å². The molecule has 1 aromatic rings. The van der Waals surface area contributed by atoms with E-state index in [-0.39, 0.29) is 6.29 Å². The van der Waals surface area contributed by atoms with E-state index in [1.807, 2.05) is 12.1 Å². The highest BCUT2D eigenvalue weighted by Gasteiger charge is 2.16. The predicted octanol–water partition coefficient (Wildman–Crippen LogP) is 1.27. The highest BCUT2D eigenvalue weighted by molar-refractivity contribution is 5.27. The molecular weight excluding hydrogens is 258 g/mol. The molecule has 0 atom stereocenters. The minimum Gasteiger partial charge on any atom is -0.488 e. The zero-order chi connectivity index (χ0) is 13.6. The maximum absolute atomic E-state index is 5.65. The fraction of sp³-hybridized carbons (Fsp3) is 0.600. The molecule has 0 aromatic heterocycles. The Labute approximate surface area is 119 Å². The van der Waals surface area contributed by atoms with Gasteiger partial charge < -0.3 is 18.9 Å². The number of ether oxygens (including phenoxy) is 4. The molecule has 1 aromatic carbocycles. The molecule has 0 N–H and O–H groups in total. The van der Waals surface area contributed by atoms with Crippen LogP contribution >= 0.6 is 0 Å². The Hall–Kier alpha value is -1.14. The highest BCUT2D eigenvalue weighted by atomic mass is 16.7. The zero-order valence-electron chi connectivity index (χ0n) is 11.6. The van der Waals surface area contributed by atoms with Crippen LogP contribution in [0.5, 0.6) is 5.75 Å². The summed E-state index contributed by atoms with van der Waals surface area (Å²) in [5.74, 6) is 0.856. The van der Waals surface area contributed by atoms with Crippen molar-refractivity contribution < 1.29 is 18.9 Å². The third-order valence-corrected chi connectivity index (χ3v) is 3.51. The molecule has 0 aliphatic carbocycles. The molecule has 0 radical (unpaired) electrons. The number of hydrogen-bond acceptors (Lipinski definition) is 5. The van der Waals surface area contributed by atoms with Crippen LogP contribution in [0.15, 0.2) is 24.3 Å². The Kier molecular flexibility index (Phi) is 4.86. The van der Waals surface area contributed by atoms with Crippen molar-refractivity contribution in [3.05, 3.63) is 29.8 Å². The van der Waals surface area contributed by atoms with Crippen LogP contribution in [0.4, 0.5) is 0 Å². The molecule has 0 unspecified atom stereocenters. The molecule has 2 aliphatic rings. The summed E-state index contributed by atoms with van der Waals surface area (Å²) < 4.78 is 21.7. The molecule has 2 aliphatic heterocycles. The monoisotopic (exact) mass is 279 g/mol. The average Bonchev–Trinajstić information content (AvgIpc) is 3.01. The van der Waals surface area contributed by atoms with Crippen LogP contribution in [0.1, 0.15) is 5.56 Å². The molecule has 2 saturated heterocycles. The summed E-state index contributed by atoms with van der Waals surface area (Å²) in [6.45, 7) is 6.43. The van der Waals surface area contributed by atoms with Crippen molar-refractivity contribution >= 4 is 0 Å². The molecule has 0 amide bonds. The second-order valence-electron chi connectivity index (χ2n) is 5.01. The molecule has 5 nitrogen and oxygen atoms in total. The number of morpholine rings is 1. The Morgan fingerprint density at radius 1 is 1.00 bits per heavy atom. The Bertz CT molecular complexity index is 397.